The van der Waals surface area contributed by atoms with Crippen LogP contribution < -0.4 is 5.32 Å². The Balaban J connectivity index is 2.19. The molecule has 0 unspecified atom stereocenters. The number of benzene rings is 1. The standard InChI is InChI=1S/C14H22N2OS/c1-12-7-4-5-8-13(12)18-11-14(17)15-9-6-10-16(2)3/h4-5,7-8H,6,9-11H2,1-3H3,(H,15,17). The Hall–Kier alpha value is -1.00. The molecule has 18 heavy (non-hydrogen) atoms. The lowest BCUT2D eigenvalue weighted by Gasteiger charge is -2.10. The third kappa shape index (κ3) is 6.07. The van der Waals surface area contributed by atoms with Crippen molar-refractivity contribution in [3.05, 3.63) is 29.8 Å². The van der Waals surface area contributed by atoms with Gasteiger partial charge in [-0.1, -0.05) is 18.2 Å². The van der Waals surface area contributed by atoms with Crippen molar-refractivity contribution in [2.45, 2.75) is 18.2 Å². The fraction of sp³-hybridized carbons (Fsp3) is 0.500. The predicted molar refractivity (Wildman–Crippen MR) is 78.1 cm³/mol. The second-order valence-corrected chi connectivity index (χ2v) is 5.58. The minimum absolute atomic E-state index is 0.113. The van der Waals surface area contributed by atoms with Gasteiger partial charge in [-0.05, 0) is 45.6 Å². The van der Waals surface area contributed by atoms with E-state index in [-0.39, 0.29) is 5.91 Å². The van der Waals surface area contributed by atoms with Crippen LogP contribution in [0.15, 0.2) is 29.2 Å². The number of carbonyl (C=O) groups is 1. The van der Waals surface area contributed by atoms with Gasteiger partial charge < -0.3 is 10.2 Å². The summed E-state index contributed by atoms with van der Waals surface area (Å²) in [4.78, 5) is 14.9. The summed E-state index contributed by atoms with van der Waals surface area (Å²) in [5.41, 5.74) is 1.22. The monoisotopic (exact) mass is 266 g/mol. The molecule has 0 aliphatic heterocycles. The van der Waals surface area contributed by atoms with Gasteiger partial charge in [-0.3, -0.25) is 4.79 Å². The Morgan fingerprint density at radius 1 is 1.33 bits per heavy atom. The van der Waals surface area contributed by atoms with E-state index in [9.17, 15) is 4.79 Å². The molecule has 1 amide bonds. The van der Waals surface area contributed by atoms with Crippen LogP contribution in [0.4, 0.5) is 0 Å². The van der Waals surface area contributed by atoms with Crippen LogP contribution in [0.25, 0.3) is 0 Å². The first-order valence-corrected chi connectivity index (χ1v) is 7.18. The van der Waals surface area contributed by atoms with E-state index in [1.807, 2.05) is 26.2 Å². The van der Waals surface area contributed by atoms with Crippen molar-refractivity contribution in [1.29, 1.82) is 0 Å². The highest BCUT2D eigenvalue weighted by Gasteiger charge is 2.03. The third-order valence-electron chi connectivity index (χ3n) is 2.56. The average molecular weight is 266 g/mol. The zero-order chi connectivity index (χ0) is 13.4. The minimum Gasteiger partial charge on any atom is -0.355 e. The number of thioether (sulfide) groups is 1. The highest BCUT2D eigenvalue weighted by molar-refractivity contribution is 8.00. The molecular formula is C14H22N2OS. The molecule has 0 atom stereocenters. The molecule has 1 aromatic rings. The minimum atomic E-state index is 0.113. The van der Waals surface area contributed by atoms with Gasteiger partial charge >= 0.3 is 0 Å². The van der Waals surface area contributed by atoms with Gasteiger partial charge in [0.2, 0.25) is 5.91 Å². The van der Waals surface area contributed by atoms with Crippen LogP contribution in [0.2, 0.25) is 0 Å². The van der Waals surface area contributed by atoms with Crippen LogP contribution in [0, 0.1) is 6.92 Å². The van der Waals surface area contributed by atoms with Crippen LogP contribution in [-0.2, 0) is 4.79 Å². The molecule has 0 saturated carbocycles. The molecule has 0 aliphatic rings. The van der Waals surface area contributed by atoms with Gasteiger partial charge in [-0.25, -0.2) is 0 Å². The van der Waals surface area contributed by atoms with Gasteiger partial charge in [0.1, 0.15) is 0 Å². The number of nitrogens with zero attached hydrogens (tertiary/aromatic N) is 1. The van der Waals surface area contributed by atoms with E-state index >= 15 is 0 Å². The maximum Gasteiger partial charge on any atom is 0.230 e. The third-order valence-corrected chi connectivity index (χ3v) is 3.73. The lowest BCUT2D eigenvalue weighted by atomic mass is 10.2. The van der Waals surface area contributed by atoms with Crippen molar-refractivity contribution in [1.82, 2.24) is 10.2 Å². The Morgan fingerprint density at radius 3 is 2.72 bits per heavy atom. The van der Waals surface area contributed by atoms with E-state index in [0.29, 0.717) is 5.75 Å². The fourth-order valence-corrected chi connectivity index (χ4v) is 2.39. The molecule has 0 aliphatic carbocycles. The lowest BCUT2D eigenvalue weighted by molar-refractivity contribution is -0.118. The van der Waals surface area contributed by atoms with Crippen molar-refractivity contribution in [2.24, 2.45) is 0 Å². The quantitative estimate of drug-likeness (QED) is 0.606. The molecule has 1 N–H and O–H groups in total. The van der Waals surface area contributed by atoms with Gasteiger partial charge in [0.15, 0.2) is 0 Å². The molecule has 0 aromatic heterocycles. The summed E-state index contributed by atoms with van der Waals surface area (Å²) in [7, 11) is 4.08. The van der Waals surface area contributed by atoms with Crippen molar-refractivity contribution >= 4 is 17.7 Å². The largest absolute Gasteiger partial charge is 0.355 e. The molecule has 0 radical (unpaired) electrons. The van der Waals surface area contributed by atoms with Gasteiger partial charge in [-0.15, -0.1) is 11.8 Å². The lowest BCUT2D eigenvalue weighted by Crippen LogP contribution is -2.28. The Kier molecular flexibility index (Phi) is 6.83. The van der Waals surface area contributed by atoms with Crippen LogP contribution in [0.1, 0.15) is 12.0 Å². The first-order chi connectivity index (χ1) is 8.59. The van der Waals surface area contributed by atoms with Crippen LogP contribution in [0.5, 0.6) is 0 Å². The van der Waals surface area contributed by atoms with Crippen molar-refractivity contribution in [3.8, 4) is 0 Å². The summed E-state index contributed by atoms with van der Waals surface area (Å²) in [6, 6.07) is 8.14. The number of hydrogen-bond acceptors (Lipinski definition) is 3. The van der Waals surface area contributed by atoms with E-state index in [1.54, 1.807) is 11.8 Å². The molecule has 1 rings (SSSR count). The van der Waals surface area contributed by atoms with Gasteiger partial charge in [0.25, 0.3) is 0 Å². The fourth-order valence-electron chi connectivity index (χ4n) is 1.54. The van der Waals surface area contributed by atoms with E-state index in [4.69, 9.17) is 0 Å². The summed E-state index contributed by atoms with van der Waals surface area (Å²) in [6.45, 7) is 3.83. The second-order valence-electron chi connectivity index (χ2n) is 4.56. The topological polar surface area (TPSA) is 32.3 Å². The summed E-state index contributed by atoms with van der Waals surface area (Å²) in [6.07, 6.45) is 0.994. The maximum absolute atomic E-state index is 11.6. The van der Waals surface area contributed by atoms with Gasteiger partial charge in [0.05, 0.1) is 5.75 Å². The van der Waals surface area contributed by atoms with Crippen molar-refractivity contribution in [3.63, 3.8) is 0 Å². The number of aryl methyl sites for hydroxylation is 1. The molecule has 0 spiro atoms. The number of rotatable bonds is 7. The number of amides is 1. The van der Waals surface area contributed by atoms with E-state index in [1.165, 1.54) is 10.5 Å². The van der Waals surface area contributed by atoms with Crippen LogP contribution >= 0.6 is 11.8 Å². The summed E-state index contributed by atoms with van der Waals surface area (Å²) in [5, 5.41) is 2.94. The second kappa shape index (κ2) is 8.16. The van der Waals surface area contributed by atoms with Crippen molar-refractivity contribution < 1.29 is 4.79 Å². The van der Waals surface area contributed by atoms with Gasteiger partial charge in [0, 0.05) is 11.4 Å². The van der Waals surface area contributed by atoms with Crippen molar-refractivity contribution in [2.75, 3.05) is 32.9 Å². The molecule has 100 valence electrons. The first-order valence-electron chi connectivity index (χ1n) is 6.19. The van der Waals surface area contributed by atoms with Crippen LogP contribution in [-0.4, -0.2) is 43.7 Å². The summed E-state index contributed by atoms with van der Waals surface area (Å²) in [5.74, 6) is 0.606. The maximum atomic E-state index is 11.6. The Bertz CT molecular complexity index is 380. The van der Waals surface area contributed by atoms with Crippen LogP contribution in [0.3, 0.4) is 0 Å². The summed E-state index contributed by atoms with van der Waals surface area (Å²) >= 11 is 1.60. The highest BCUT2D eigenvalue weighted by Crippen LogP contribution is 2.21. The Labute approximate surface area is 114 Å². The number of nitrogens with one attached hydrogen (secondary N) is 1. The number of carbonyl (C=O) groups excluding carboxylic acids is 1. The van der Waals surface area contributed by atoms with E-state index in [0.717, 1.165) is 19.5 Å². The zero-order valence-corrected chi connectivity index (χ0v) is 12.2. The zero-order valence-electron chi connectivity index (χ0n) is 11.4. The summed E-state index contributed by atoms with van der Waals surface area (Å²) < 4.78 is 0. The molecule has 0 saturated heterocycles. The molecule has 3 nitrogen and oxygen atoms in total. The predicted octanol–water partition coefficient (Wildman–Crippen LogP) is 2.16. The molecule has 0 bridgehead atoms. The number of hydrogen-bond donors (Lipinski definition) is 1. The molecule has 4 heteroatoms. The molecule has 0 fully saturated rings. The molecular weight excluding hydrogens is 244 g/mol. The SMILES string of the molecule is Cc1ccccc1SCC(=O)NCCCN(C)C. The Morgan fingerprint density at radius 2 is 2.06 bits per heavy atom. The average Bonchev–Trinajstić information content (AvgIpc) is 2.33. The highest BCUT2D eigenvalue weighted by atomic mass is 32.2. The molecule has 1 aromatic carbocycles. The van der Waals surface area contributed by atoms with Gasteiger partial charge in [-0.2, -0.15) is 0 Å². The van der Waals surface area contributed by atoms with E-state index < -0.39 is 0 Å². The first kappa shape index (κ1) is 15.1. The molecule has 0 heterocycles. The normalized spacial score (nSPS) is 10.7. The van der Waals surface area contributed by atoms with E-state index in [2.05, 4.69) is 29.3 Å². The smallest absolute Gasteiger partial charge is 0.230 e.